The number of para-hydroxylation sites is 2. The minimum atomic E-state index is -0.394. The molecule has 2 aromatic rings. The van der Waals surface area contributed by atoms with E-state index in [4.69, 9.17) is 14.2 Å². The molecule has 0 saturated carbocycles. The maximum atomic E-state index is 11.8. The van der Waals surface area contributed by atoms with Gasteiger partial charge in [-0.05, 0) is 26.0 Å². The van der Waals surface area contributed by atoms with Crippen molar-refractivity contribution >= 4 is 17.3 Å². The first-order valence-electron chi connectivity index (χ1n) is 6.72. The largest absolute Gasteiger partial charge is 0.485 e. The fourth-order valence-electron chi connectivity index (χ4n) is 2.08. The predicted molar refractivity (Wildman–Crippen MR) is 78.1 cm³/mol. The molecule has 0 N–H and O–H groups in total. The number of aryl methyl sites for hydroxylation is 1. The van der Waals surface area contributed by atoms with Crippen molar-refractivity contribution in [2.75, 3.05) is 13.2 Å². The zero-order chi connectivity index (χ0) is 14.8. The summed E-state index contributed by atoms with van der Waals surface area (Å²) in [6.07, 6.45) is -0.299. The molecule has 1 atom stereocenters. The lowest BCUT2D eigenvalue weighted by Gasteiger charge is -2.24. The second kappa shape index (κ2) is 5.73. The molecular weight excluding hydrogens is 290 g/mol. The molecule has 0 fully saturated rings. The Morgan fingerprint density at radius 2 is 2.19 bits per heavy atom. The number of esters is 1. The molecular formula is C15H15NO4S. The first kappa shape index (κ1) is 13.9. The maximum Gasteiger partial charge on any atom is 0.358 e. The molecule has 1 aromatic carbocycles. The van der Waals surface area contributed by atoms with Gasteiger partial charge in [0.15, 0.2) is 23.3 Å². The number of rotatable bonds is 3. The van der Waals surface area contributed by atoms with Gasteiger partial charge in [-0.3, -0.25) is 0 Å². The lowest BCUT2D eigenvalue weighted by molar-refractivity contribution is 0.0517. The molecule has 3 rings (SSSR count). The number of ether oxygens (including phenoxy) is 3. The molecule has 110 valence electrons. The van der Waals surface area contributed by atoms with Crippen LogP contribution in [0.3, 0.4) is 0 Å². The Labute approximate surface area is 126 Å². The third kappa shape index (κ3) is 2.71. The number of aromatic nitrogens is 1. The molecule has 6 heteroatoms. The highest BCUT2D eigenvalue weighted by atomic mass is 32.1. The van der Waals surface area contributed by atoms with Crippen LogP contribution in [0.2, 0.25) is 0 Å². The Morgan fingerprint density at radius 3 is 2.95 bits per heavy atom. The van der Waals surface area contributed by atoms with Crippen LogP contribution in [0.4, 0.5) is 0 Å². The zero-order valence-electron chi connectivity index (χ0n) is 11.8. The van der Waals surface area contributed by atoms with Crippen LogP contribution >= 0.6 is 11.3 Å². The van der Waals surface area contributed by atoms with Crippen molar-refractivity contribution in [1.82, 2.24) is 4.98 Å². The van der Waals surface area contributed by atoms with Crippen molar-refractivity contribution in [1.29, 1.82) is 0 Å². The standard InChI is InChI=1S/C15H15NO4S/c1-3-18-15(17)13-9(2)21-14(16-13)12-8-19-10-6-4-5-7-11(10)20-12/h4-7,12H,3,8H2,1-2H3. The van der Waals surface area contributed by atoms with E-state index in [1.165, 1.54) is 11.3 Å². The number of nitrogens with zero attached hydrogens (tertiary/aromatic N) is 1. The third-order valence-corrected chi connectivity index (χ3v) is 4.13. The Morgan fingerprint density at radius 1 is 1.43 bits per heavy atom. The molecule has 21 heavy (non-hydrogen) atoms. The molecule has 0 saturated heterocycles. The Kier molecular flexibility index (Phi) is 3.79. The van der Waals surface area contributed by atoms with Crippen LogP contribution in [0, 0.1) is 6.92 Å². The van der Waals surface area contributed by atoms with Crippen LogP contribution in [0.25, 0.3) is 0 Å². The monoisotopic (exact) mass is 305 g/mol. The molecule has 1 aromatic heterocycles. The van der Waals surface area contributed by atoms with Gasteiger partial charge in [0.1, 0.15) is 11.6 Å². The summed E-state index contributed by atoms with van der Waals surface area (Å²) in [7, 11) is 0. The van der Waals surface area contributed by atoms with Crippen LogP contribution in [0.1, 0.15) is 33.4 Å². The number of carbonyl (C=O) groups is 1. The Bertz CT molecular complexity index is 667. The van der Waals surface area contributed by atoms with Gasteiger partial charge in [-0.1, -0.05) is 12.1 Å². The van der Waals surface area contributed by atoms with Crippen molar-refractivity contribution in [2.45, 2.75) is 20.0 Å². The van der Waals surface area contributed by atoms with Crippen LogP contribution in [0.5, 0.6) is 11.5 Å². The van der Waals surface area contributed by atoms with E-state index in [1.807, 2.05) is 31.2 Å². The summed E-state index contributed by atoms with van der Waals surface area (Å²) in [6.45, 7) is 4.34. The summed E-state index contributed by atoms with van der Waals surface area (Å²) < 4.78 is 16.6. The van der Waals surface area contributed by atoms with E-state index < -0.39 is 5.97 Å². The molecule has 1 unspecified atom stereocenters. The Balaban J connectivity index is 1.83. The minimum absolute atomic E-state index is 0.299. The van der Waals surface area contributed by atoms with Gasteiger partial charge in [0.2, 0.25) is 0 Å². The van der Waals surface area contributed by atoms with Crippen molar-refractivity contribution in [2.24, 2.45) is 0 Å². The fraction of sp³-hybridized carbons (Fsp3) is 0.333. The van der Waals surface area contributed by atoms with Gasteiger partial charge in [-0.25, -0.2) is 9.78 Å². The second-order valence-corrected chi connectivity index (χ2v) is 5.78. The van der Waals surface area contributed by atoms with E-state index >= 15 is 0 Å². The topological polar surface area (TPSA) is 57.7 Å². The number of hydrogen-bond acceptors (Lipinski definition) is 6. The smallest absolute Gasteiger partial charge is 0.358 e. The predicted octanol–water partition coefficient (Wildman–Crippen LogP) is 3.14. The van der Waals surface area contributed by atoms with Gasteiger partial charge in [0, 0.05) is 4.88 Å². The van der Waals surface area contributed by atoms with E-state index in [0.717, 1.165) is 15.6 Å². The highest BCUT2D eigenvalue weighted by molar-refractivity contribution is 7.11. The summed E-state index contributed by atoms with van der Waals surface area (Å²) in [6, 6.07) is 7.51. The van der Waals surface area contributed by atoms with Gasteiger partial charge < -0.3 is 14.2 Å². The first-order valence-corrected chi connectivity index (χ1v) is 7.53. The molecule has 0 aliphatic carbocycles. The number of hydrogen-bond donors (Lipinski definition) is 0. The van der Waals surface area contributed by atoms with Gasteiger partial charge in [-0.15, -0.1) is 11.3 Å². The highest BCUT2D eigenvalue weighted by Crippen LogP contribution is 2.37. The average molecular weight is 305 g/mol. The van der Waals surface area contributed by atoms with Gasteiger partial charge in [-0.2, -0.15) is 0 Å². The third-order valence-electron chi connectivity index (χ3n) is 3.07. The molecule has 0 bridgehead atoms. The first-order chi connectivity index (χ1) is 10.2. The van der Waals surface area contributed by atoms with E-state index in [0.29, 0.717) is 24.7 Å². The lowest BCUT2D eigenvalue weighted by Crippen LogP contribution is -2.21. The van der Waals surface area contributed by atoms with E-state index in [2.05, 4.69) is 4.98 Å². The van der Waals surface area contributed by atoms with Crippen molar-refractivity contribution < 1.29 is 19.0 Å². The van der Waals surface area contributed by atoms with Crippen molar-refractivity contribution in [3.63, 3.8) is 0 Å². The molecule has 1 aliphatic rings. The van der Waals surface area contributed by atoms with Crippen molar-refractivity contribution in [3.05, 3.63) is 39.8 Å². The van der Waals surface area contributed by atoms with Gasteiger partial charge in [0.05, 0.1) is 6.61 Å². The second-order valence-electron chi connectivity index (χ2n) is 4.54. The van der Waals surface area contributed by atoms with E-state index in [-0.39, 0.29) is 6.10 Å². The molecule has 0 spiro atoms. The molecule has 1 aliphatic heterocycles. The fourth-order valence-corrected chi connectivity index (χ4v) is 3.01. The van der Waals surface area contributed by atoms with Crippen LogP contribution < -0.4 is 9.47 Å². The van der Waals surface area contributed by atoms with E-state index in [9.17, 15) is 4.79 Å². The quantitative estimate of drug-likeness (QED) is 0.815. The minimum Gasteiger partial charge on any atom is -0.485 e. The normalized spacial score (nSPS) is 16.6. The molecule has 0 amide bonds. The van der Waals surface area contributed by atoms with Crippen LogP contribution in [-0.2, 0) is 4.74 Å². The maximum absolute atomic E-state index is 11.8. The molecule has 5 nitrogen and oxygen atoms in total. The summed E-state index contributed by atoms with van der Waals surface area (Å²) in [5, 5.41) is 0.727. The van der Waals surface area contributed by atoms with Crippen LogP contribution in [-0.4, -0.2) is 24.2 Å². The SMILES string of the molecule is CCOC(=O)c1nc(C2COc3ccccc3O2)sc1C. The summed E-state index contributed by atoms with van der Waals surface area (Å²) >= 11 is 1.43. The van der Waals surface area contributed by atoms with Crippen molar-refractivity contribution in [3.8, 4) is 11.5 Å². The van der Waals surface area contributed by atoms with E-state index in [1.54, 1.807) is 6.92 Å². The lowest BCUT2D eigenvalue weighted by atomic mass is 10.2. The summed E-state index contributed by atoms with van der Waals surface area (Å²) in [5.74, 6) is 1.03. The average Bonchev–Trinajstić information content (AvgIpc) is 2.89. The number of carbonyl (C=O) groups excluding carboxylic acids is 1. The molecule has 0 radical (unpaired) electrons. The number of fused-ring (bicyclic) bond motifs is 1. The summed E-state index contributed by atoms with van der Waals surface area (Å²) in [4.78, 5) is 17.0. The van der Waals surface area contributed by atoms with Gasteiger partial charge in [0.25, 0.3) is 0 Å². The zero-order valence-corrected chi connectivity index (χ0v) is 12.6. The van der Waals surface area contributed by atoms with Gasteiger partial charge >= 0.3 is 5.97 Å². The summed E-state index contributed by atoms with van der Waals surface area (Å²) in [5.41, 5.74) is 0.360. The molecule has 2 heterocycles. The van der Waals surface area contributed by atoms with Crippen LogP contribution in [0.15, 0.2) is 24.3 Å². The number of benzene rings is 1. The Hall–Kier alpha value is -2.08. The highest BCUT2D eigenvalue weighted by Gasteiger charge is 2.27. The number of thiazole rings is 1.